The van der Waals surface area contributed by atoms with Crippen molar-refractivity contribution in [3.63, 3.8) is 0 Å². The van der Waals surface area contributed by atoms with E-state index in [2.05, 4.69) is 9.88 Å². The second-order valence-electron chi connectivity index (χ2n) is 4.50. The van der Waals surface area contributed by atoms with Gasteiger partial charge in [0.1, 0.15) is 16.2 Å². The smallest absolute Gasteiger partial charge is 0.246 e. The molecule has 8 heteroatoms. The van der Waals surface area contributed by atoms with Gasteiger partial charge in [0.05, 0.1) is 6.61 Å². The van der Waals surface area contributed by atoms with Crippen LogP contribution in [0.5, 0.6) is 0 Å². The molecule has 0 amide bonds. The van der Waals surface area contributed by atoms with Crippen LogP contribution in [0.4, 0.5) is 0 Å². The molecule has 0 spiro atoms. The maximum absolute atomic E-state index is 12.1. The Labute approximate surface area is 105 Å². The fourth-order valence-electron chi connectivity index (χ4n) is 1.90. The van der Waals surface area contributed by atoms with Gasteiger partial charge in [-0.3, -0.25) is 0 Å². The van der Waals surface area contributed by atoms with Crippen LogP contribution in [0.1, 0.15) is 17.9 Å². The first-order chi connectivity index (χ1) is 8.34. The molecular weight excluding hydrogens is 260 g/mol. The predicted molar refractivity (Wildman–Crippen MR) is 61.6 cm³/mol. The second-order valence-corrected chi connectivity index (χ2v) is 6.21. The minimum Gasteiger partial charge on any atom is -0.386 e. The van der Waals surface area contributed by atoms with Gasteiger partial charge < -0.3 is 14.4 Å². The van der Waals surface area contributed by atoms with E-state index in [-0.39, 0.29) is 23.8 Å². The summed E-state index contributed by atoms with van der Waals surface area (Å²) in [7, 11) is -3.73. The van der Waals surface area contributed by atoms with E-state index in [0.717, 1.165) is 0 Å². The fourth-order valence-corrected chi connectivity index (χ4v) is 3.34. The molecule has 18 heavy (non-hydrogen) atoms. The molecule has 2 heterocycles. The number of hydrogen-bond donors (Lipinski definition) is 2. The van der Waals surface area contributed by atoms with E-state index < -0.39 is 15.6 Å². The van der Waals surface area contributed by atoms with Crippen LogP contribution < -0.4 is 4.72 Å². The SMILES string of the molecule is Cc1noc(C)c1S(=O)(=O)NC[C@]1(O)CCOC1. The minimum atomic E-state index is -3.73. The molecule has 1 fully saturated rings. The van der Waals surface area contributed by atoms with E-state index in [1.54, 1.807) is 6.92 Å². The van der Waals surface area contributed by atoms with Crippen molar-refractivity contribution in [2.75, 3.05) is 19.8 Å². The highest BCUT2D eigenvalue weighted by atomic mass is 32.2. The van der Waals surface area contributed by atoms with Crippen LogP contribution in [0.15, 0.2) is 9.42 Å². The first-order valence-corrected chi connectivity index (χ1v) is 7.05. The molecule has 2 rings (SSSR count). The second kappa shape index (κ2) is 4.61. The Morgan fingerprint density at radius 2 is 2.22 bits per heavy atom. The Balaban J connectivity index is 2.13. The highest BCUT2D eigenvalue weighted by Gasteiger charge is 2.34. The summed E-state index contributed by atoms with van der Waals surface area (Å²) in [6.07, 6.45) is 0.414. The average Bonchev–Trinajstić information content (AvgIpc) is 2.85. The van der Waals surface area contributed by atoms with E-state index in [1.165, 1.54) is 6.92 Å². The Morgan fingerprint density at radius 3 is 2.72 bits per heavy atom. The molecule has 2 N–H and O–H groups in total. The maximum atomic E-state index is 12.1. The van der Waals surface area contributed by atoms with Crippen LogP contribution in [0.2, 0.25) is 0 Å². The van der Waals surface area contributed by atoms with Gasteiger partial charge in [-0.05, 0) is 13.8 Å². The number of aryl methyl sites for hydroxylation is 2. The molecule has 0 radical (unpaired) electrons. The molecule has 102 valence electrons. The number of aromatic nitrogens is 1. The number of sulfonamides is 1. The zero-order chi connectivity index (χ0) is 13.4. The summed E-state index contributed by atoms with van der Waals surface area (Å²) >= 11 is 0. The van der Waals surface area contributed by atoms with Crippen LogP contribution in [0.3, 0.4) is 0 Å². The molecule has 0 saturated carbocycles. The van der Waals surface area contributed by atoms with E-state index in [4.69, 9.17) is 9.26 Å². The van der Waals surface area contributed by atoms with Crippen molar-refractivity contribution in [1.82, 2.24) is 9.88 Å². The topological polar surface area (TPSA) is 102 Å². The number of rotatable bonds is 4. The quantitative estimate of drug-likeness (QED) is 0.784. The molecule has 1 aromatic heterocycles. The van der Waals surface area contributed by atoms with Crippen molar-refractivity contribution >= 4 is 10.0 Å². The molecule has 1 aromatic rings. The Bertz CT molecular complexity index is 511. The molecule has 1 aliphatic heterocycles. The number of nitrogens with one attached hydrogen (secondary N) is 1. The van der Waals surface area contributed by atoms with Crippen LogP contribution in [0, 0.1) is 13.8 Å². The van der Waals surface area contributed by atoms with Crippen LogP contribution >= 0.6 is 0 Å². The Morgan fingerprint density at radius 1 is 1.50 bits per heavy atom. The third-order valence-corrected chi connectivity index (χ3v) is 4.56. The van der Waals surface area contributed by atoms with Crippen LogP contribution in [-0.4, -0.2) is 44.0 Å². The van der Waals surface area contributed by atoms with Crippen molar-refractivity contribution < 1.29 is 22.8 Å². The van der Waals surface area contributed by atoms with Gasteiger partial charge in [0.15, 0.2) is 5.76 Å². The Hall–Kier alpha value is -0.960. The van der Waals surface area contributed by atoms with Gasteiger partial charge in [-0.15, -0.1) is 0 Å². The van der Waals surface area contributed by atoms with E-state index >= 15 is 0 Å². The van der Waals surface area contributed by atoms with Crippen LogP contribution in [0.25, 0.3) is 0 Å². The number of hydrogen-bond acceptors (Lipinski definition) is 6. The van der Waals surface area contributed by atoms with Gasteiger partial charge in [0.2, 0.25) is 10.0 Å². The third-order valence-electron chi connectivity index (χ3n) is 2.91. The average molecular weight is 276 g/mol. The normalized spacial score (nSPS) is 24.6. The van der Waals surface area contributed by atoms with Crippen molar-refractivity contribution in [1.29, 1.82) is 0 Å². The molecule has 1 aliphatic rings. The van der Waals surface area contributed by atoms with Gasteiger partial charge >= 0.3 is 0 Å². The van der Waals surface area contributed by atoms with E-state index in [1.807, 2.05) is 0 Å². The first kappa shape index (κ1) is 13.5. The van der Waals surface area contributed by atoms with Gasteiger partial charge in [-0.1, -0.05) is 5.16 Å². The van der Waals surface area contributed by atoms with Crippen molar-refractivity contribution in [3.05, 3.63) is 11.5 Å². The highest BCUT2D eigenvalue weighted by molar-refractivity contribution is 7.89. The van der Waals surface area contributed by atoms with Crippen LogP contribution in [-0.2, 0) is 14.8 Å². The lowest BCUT2D eigenvalue weighted by Crippen LogP contribution is -2.43. The van der Waals surface area contributed by atoms with Crippen molar-refractivity contribution in [3.8, 4) is 0 Å². The highest BCUT2D eigenvalue weighted by Crippen LogP contribution is 2.21. The predicted octanol–water partition coefficient (Wildman–Crippen LogP) is -0.279. The summed E-state index contributed by atoms with van der Waals surface area (Å²) < 4.78 is 36.4. The molecule has 0 aromatic carbocycles. The number of ether oxygens (including phenoxy) is 1. The molecular formula is C10H16N2O5S. The summed E-state index contributed by atoms with van der Waals surface area (Å²) in [5, 5.41) is 13.6. The third kappa shape index (κ3) is 2.56. The monoisotopic (exact) mass is 276 g/mol. The first-order valence-electron chi connectivity index (χ1n) is 5.57. The van der Waals surface area contributed by atoms with Gasteiger partial charge in [0, 0.05) is 19.6 Å². The maximum Gasteiger partial charge on any atom is 0.246 e. The zero-order valence-corrected chi connectivity index (χ0v) is 11.1. The summed E-state index contributed by atoms with van der Waals surface area (Å²) in [5.74, 6) is 0.231. The molecule has 0 aliphatic carbocycles. The fraction of sp³-hybridized carbons (Fsp3) is 0.700. The van der Waals surface area contributed by atoms with Gasteiger partial charge in [0.25, 0.3) is 0 Å². The largest absolute Gasteiger partial charge is 0.386 e. The van der Waals surface area contributed by atoms with Gasteiger partial charge in [-0.2, -0.15) is 0 Å². The summed E-state index contributed by atoms with van der Waals surface area (Å²) in [4.78, 5) is 0.0324. The molecule has 1 atom stereocenters. The van der Waals surface area contributed by atoms with E-state index in [9.17, 15) is 13.5 Å². The molecule has 0 bridgehead atoms. The Kier molecular flexibility index (Phi) is 3.45. The standard InChI is InChI=1S/C10H16N2O5S/c1-7-9(8(2)17-12-7)18(14,15)11-5-10(13)3-4-16-6-10/h11,13H,3-6H2,1-2H3/t10-/m1/s1. The lowest BCUT2D eigenvalue weighted by atomic mass is 10.1. The lowest BCUT2D eigenvalue weighted by molar-refractivity contribution is 0.0314. The minimum absolute atomic E-state index is 0.0324. The van der Waals surface area contributed by atoms with Gasteiger partial charge in [-0.25, -0.2) is 13.1 Å². The van der Waals surface area contributed by atoms with Crippen molar-refractivity contribution in [2.45, 2.75) is 30.8 Å². The molecule has 0 unspecified atom stereocenters. The number of nitrogens with zero attached hydrogens (tertiary/aromatic N) is 1. The zero-order valence-electron chi connectivity index (χ0n) is 10.3. The summed E-state index contributed by atoms with van der Waals surface area (Å²) in [6, 6.07) is 0. The van der Waals surface area contributed by atoms with E-state index in [0.29, 0.717) is 18.7 Å². The summed E-state index contributed by atoms with van der Waals surface area (Å²) in [5.41, 5.74) is -0.832. The number of aliphatic hydroxyl groups is 1. The van der Waals surface area contributed by atoms with Crippen molar-refractivity contribution in [2.24, 2.45) is 0 Å². The molecule has 1 saturated heterocycles. The summed E-state index contributed by atoms with van der Waals surface area (Å²) in [6.45, 7) is 3.57. The molecule has 7 nitrogen and oxygen atoms in total. The lowest BCUT2D eigenvalue weighted by Gasteiger charge is -2.20.